The third kappa shape index (κ3) is 5.63. The Kier molecular flexibility index (Phi) is 7.11. The topological polar surface area (TPSA) is 59.6 Å². The molecule has 2 aromatic rings. The molecule has 3 rings (SSSR count). The molecule has 0 spiro atoms. The van der Waals surface area contributed by atoms with E-state index >= 15 is 0 Å². The molecule has 0 aromatic heterocycles. The summed E-state index contributed by atoms with van der Waals surface area (Å²) in [5.41, 5.74) is 10.5. The first-order chi connectivity index (χ1) is 11.6. The summed E-state index contributed by atoms with van der Waals surface area (Å²) in [5, 5.41) is 3.16. The minimum absolute atomic E-state index is 0. The molecular weight excluding hydrogens is 425 g/mol. The van der Waals surface area contributed by atoms with Crippen LogP contribution in [0.4, 0.5) is 5.69 Å². The van der Waals surface area contributed by atoms with Crippen molar-refractivity contribution in [2.75, 3.05) is 5.32 Å². The van der Waals surface area contributed by atoms with E-state index < -0.39 is 0 Å². The van der Waals surface area contributed by atoms with E-state index in [-0.39, 0.29) is 24.0 Å². The molecule has 1 aliphatic carbocycles. The summed E-state index contributed by atoms with van der Waals surface area (Å²) in [4.78, 5) is 4.46. The van der Waals surface area contributed by atoms with E-state index in [0.717, 1.165) is 29.8 Å². The number of hydrogen-bond acceptors (Lipinski definition) is 2. The second-order valence-corrected chi connectivity index (χ2v) is 6.48. The Balaban J connectivity index is 0.00000225. The minimum Gasteiger partial charge on any atom is -0.490 e. The Hall–Kier alpha value is -1.76. The smallest absolute Gasteiger partial charge is 0.193 e. The summed E-state index contributed by atoms with van der Waals surface area (Å²) in [6.07, 6.45) is 3.92. The normalized spacial score (nSPS) is 14.4. The maximum absolute atomic E-state index is 6.04. The van der Waals surface area contributed by atoms with Crippen molar-refractivity contribution in [1.82, 2.24) is 0 Å². The first-order valence-corrected chi connectivity index (χ1v) is 8.50. The number of hydrogen-bond donors (Lipinski definition) is 2. The average molecular weight is 451 g/mol. The lowest BCUT2D eigenvalue weighted by molar-refractivity contribution is 0.119. The average Bonchev–Trinajstić information content (AvgIpc) is 2.48. The van der Waals surface area contributed by atoms with E-state index in [1.54, 1.807) is 0 Å². The number of anilines is 1. The lowest BCUT2D eigenvalue weighted by Gasteiger charge is -2.27. The summed E-state index contributed by atoms with van der Waals surface area (Å²) in [6, 6.07) is 14.3. The van der Waals surface area contributed by atoms with Crippen molar-refractivity contribution in [2.45, 2.75) is 45.8 Å². The maximum atomic E-state index is 6.04. The lowest BCUT2D eigenvalue weighted by Crippen LogP contribution is -2.25. The molecule has 0 atom stereocenters. The Morgan fingerprint density at radius 3 is 2.48 bits per heavy atom. The van der Waals surface area contributed by atoms with Gasteiger partial charge < -0.3 is 15.8 Å². The molecule has 0 radical (unpaired) electrons. The predicted octanol–water partition coefficient (Wildman–Crippen LogP) is 4.78. The van der Waals surface area contributed by atoms with Gasteiger partial charge in [-0.05, 0) is 62.4 Å². The summed E-state index contributed by atoms with van der Waals surface area (Å²) < 4.78 is 6.03. The largest absolute Gasteiger partial charge is 0.490 e. The fraction of sp³-hybridized carbons (Fsp3) is 0.350. The number of rotatable bonds is 5. The molecular formula is C20H26IN3O. The number of nitrogens with one attached hydrogen (secondary N) is 1. The molecule has 1 saturated carbocycles. The quantitative estimate of drug-likeness (QED) is 0.391. The second-order valence-electron chi connectivity index (χ2n) is 6.48. The number of halogens is 1. The Morgan fingerprint density at radius 1 is 1.16 bits per heavy atom. The lowest BCUT2D eigenvalue weighted by atomic mass is 9.96. The molecule has 4 nitrogen and oxygen atoms in total. The van der Waals surface area contributed by atoms with E-state index in [1.165, 1.54) is 17.5 Å². The summed E-state index contributed by atoms with van der Waals surface area (Å²) >= 11 is 0. The molecule has 2 aromatic carbocycles. The number of nitrogens with two attached hydrogens (primary N) is 1. The number of ether oxygens (including phenoxy) is 1. The van der Waals surface area contributed by atoms with Gasteiger partial charge in [-0.3, -0.25) is 0 Å². The number of aliphatic imine (C=N–C) groups is 1. The van der Waals surface area contributed by atoms with Gasteiger partial charge in [-0.25, -0.2) is 4.99 Å². The van der Waals surface area contributed by atoms with Gasteiger partial charge in [0.05, 0.1) is 12.6 Å². The molecule has 0 saturated heterocycles. The van der Waals surface area contributed by atoms with Crippen LogP contribution in [-0.2, 0) is 6.54 Å². The maximum Gasteiger partial charge on any atom is 0.193 e. The Morgan fingerprint density at radius 2 is 1.84 bits per heavy atom. The van der Waals surface area contributed by atoms with E-state index in [1.807, 2.05) is 24.3 Å². The van der Waals surface area contributed by atoms with Gasteiger partial charge in [0.2, 0.25) is 0 Å². The fourth-order valence-electron chi connectivity index (χ4n) is 2.82. The van der Waals surface area contributed by atoms with Crippen LogP contribution in [0.3, 0.4) is 0 Å². The van der Waals surface area contributed by atoms with Crippen molar-refractivity contribution in [3.05, 3.63) is 59.2 Å². The van der Waals surface area contributed by atoms with Crippen LogP contribution < -0.4 is 15.8 Å². The number of aryl methyl sites for hydroxylation is 2. The van der Waals surface area contributed by atoms with Crippen molar-refractivity contribution in [1.29, 1.82) is 0 Å². The van der Waals surface area contributed by atoms with E-state index in [4.69, 9.17) is 10.5 Å². The Labute approximate surface area is 166 Å². The van der Waals surface area contributed by atoms with Crippen LogP contribution in [-0.4, -0.2) is 12.1 Å². The van der Waals surface area contributed by atoms with Crippen molar-refractivity contribution >= 4 is 35.6 Å². The van der Waals surface area contributed by atoms with Gasteiger partial charge in [-0.15, -0.1) is 24.0 Å². The third-order valence-electron chi connectivity index (χ3n) is 4.23. The molecule has 0 unspecified atom stereocenters. The highest BCUT2D eigenvalue weighted by molar-refractivity contribution is 14.0. The molecule has 0 bridgehead atoms. The molecule has 0 heterocycles. The first-order valence-electron chi connectivity index (χ1n) is 8.50. The van der Waals surface area contributed by atoms with Crippen molar-refractivity contribution in [2.24, 2.45) is 10.7 Å². The zero-order valence-corrected chi connectivity index (χ0v) is 17.1. The molecule has 25 heavy (non-hydrogen) atoms. The van der Waals surface area contributed by atoms with Crippen molar-refractivity contribution in [3.63, 3.8) is 0 Å². The number of benzene rings is 2. The summed E-state index contributed by atoms with van der Waals surface area (Å²) in [7, 11) is 0. The van der Waals surface area contributed by atoms with Gasteiger partial charge in [-0.1, -0.05) is 24.3 Å². The van der Waals surface area contributed by atoms with E-state index in [9.17, 15) is 0 Å². The predicted molar refractivity (Wildman–Crippen MR) is 115 cm³/mol. The first kappa shape index (κ1) is 19.6. The standard InChI is InChI=1S/C20H25N3O.HI/c1-14-10-15(2)12-17(11-14)23-20(21)22-13-16-6-3-4-9-19(16)24-18-7-5-8-18;/h3-4,6,9-12,18H,5,7-8,13H2,1-2H3,(H3,21,22,23);1H. The highest BCUT2D eigenvalue weighted by Crippen LogP contribution is 2.27. The van der Waals surface area contributed by atoms with Gasteiger partial charge in [0.15, 0.2) is 5.96 Å². The van der Waals surface area contributed by atoms with Crippen LogP contribution in [0.25, 0.3) is 0 Å². The van der Waals surface area contributed by atoms with Crippen LogP contribution in [0.15, 0.2) is 47.5 Å². The number of para-hydroxylation sites is 1. The van der Waals surface area contributed by atoms with E-state index in [2.05, 4.69) is 42.4 Å². The molecule has 134 valence electrons. The summed E-state index contributed by atoms with van der Waals surface area (Å²) in [6.45, 7) is 4.64. The highest BCUT2D eigenvalue weighted by Gasteiger charge is 2.20. The van der Waals surface area contributed by atoms with Crippen LogP contribution in [0.5, 0.6) is 5.75 Å². The van der Waals surface area contributed by atoms with Crippen LogP contribution in [0.2, 0.25) is 0 Å². The van der Waals surface area contributed by atoms with Gasteiger partial charge in [-0.2, -0.15) is 0 Å². The number of guanidine groups is 1. The van der Waals surface area contributed by atoms with Crippen molar-refractivity contribution in [3.8, 4) is 5.75 Å². The van der Waals surface area contributed by atoms with Gasteiger partial charge in [0.1, 0.15) is 5.75 Å². The van der Waals surface area contributed by atoms with Crippen LogP contribution in [0, 0.1) is 13.8 Å². The minimum atomic E-state index is 0. The van der Waals surface area contributed by atoms with Gasteiger partial charge >= 0.3 is 0 Å². The fourth-order valence-corrected chi connectivity index (χ4v) is 2.82. The van der Waals surface area contributed by atoms with Gasteiger partial charge in [0.25, 0.3) is 0 Å². The molecule has 1 fully saturated rings. The monoisotopic (exact) mass is 451 g/mol. The second kappa shape index (κ2) is 9.08. The SMILES string of the molecule is Cc1cc(C)cc(NC(N)=NCc2ccccc2OC2CCC2)c1.I. The third-order valence-corrected chi connectivity index (χ3v) is 4.23. The van der Waals surface area contributed by atoms with Crippen LogP contribution >= 0.6 is 24.0 Å². The van der Waals surface area contributed by atoms with E-state index in [0.29, 0.717) is 18.6 Å². The Bertz CT molecular complexity index is 721. The highest BCUT2D eigenvalue weighted by atomic mass is 127. The van der Waals surface area contributed by atoms with Gasteiger partial charge in [0, 0.05) is 11.3 Å². The molecule has 3 N–H and O–H groups in total. The van der Waals surface area contributed by atoms with Crippen molar-refractivity contribution < 1.29 is 4.74 Å². The molecule has 1 aliphatic rings. The molecule has 0 aliphatic heterocycles. The van der Waals surface area contributed by atoms with Crippen LogP contribution in [0.1, 0.15) is 36.0 Å². The number of nitrogens with zero attached hydrogens (tertiary/aromatic N) is 1. The zero-order chi connectivity index (χ0) is 16.9. The molecule has 5 heteroatoms. The zero-order valence-electron chi connectivity index (χ0n) is 14.8. The molecule has 0 amide bonds. The summed E-state index contributed by atoms with van der Waals surface area (Å²) in [5.74, 6) is 1.34.